The highest BCUT2D eigenvalue weighted by Gasteiger charge is 2.15. The Kier molecular flexibility index (Phi) is 7.69. The highest BCUT2D eigenvalue weighted by Crippen LogP contribution is 2.21. The average Bonchev–Trinajstić information content (AvgIpc) is 2.48. The van der Waals surface area contributed by atoms with Gasteiger partial charge in [-0.05, 0) is 29.7 Å². The molecular formula is C16H17Cl3N2O. The van der Waals surface area contributed by atoms with Gasteiger partial charge in [0.15, 0.2) is 0 Å². The SMILES string of the molecule is Cl.N[C@H](Cc1ccc(Cl)cc1Cl)C(=O)NCc1ccccc1. The Hall–Kier alpha value is -1.26. The van der Waals surface area contributed by atoms with Gasteiger partial charge in [-0.3, -0.25) is 4.79 Å². The van der Waals surface area contributed by atoms with Crippen LogP contribution in [0.15, 0.2) is 48.5 Å². The fourth-order valence-corrected chi connectivity index (χ4v) is 2.42. The summed E-state index contributed by atoms with van der Waals surface area (Å²) < 4.78 is 0. The van der Waals surface area contributed by atoms with Crippen LogP contribution in [0.4, 0.5) is 0 Å². The first-order valence-corrected chi connectivity index (χ1v) is 7.33. The Morgan fingerprint density at radius 3 is 2.45 bits per heavy atom. The summed E-state index contributed by atoms with van der Waals surface area (Å²) in [6.07, 6.45) is 0.372. The van der Waals surface area contributed by atoms with Gasteiger partial charge in [0.05, 0.1) is 6.04 Å². The summed E-state index contributed by atoms with van der Waals surface area (Å²) in [5, 5.41) is 3.90. The van der Waals surface area contributed by atoms with Gasteiger partial charge >= 0.3 is 0 Å². The first-order valence-electron chi connectivity index (χ1n) is 6.57. The molecule has 0 saturated carbocycles. The molecule has 0 aromatic heterocycles. The van der Waals surface area contributed by atoms with Gasteiger partial charge in [-0.25, -0.2) is 0 Å². The van der Waals surface area contributed by atoms with Gasteiger partial charge in [0, 0.05) is 16.6 Å². The van der Waals surface area contributed by atoms with Crippen LogP contribution in [0.1, 0.15) is 11.1 Å². The highest BCUT2D eigenvalue weighted by atomic mass is 35.5. The second-order valence-corrected chi connectivity index (χ2v) is 5.59. The lowest BCUT2D eigenvalue weighted by Gasteiger charge is -2.13. The van der Waals surface area contributed by atoms with E-state index in [1.807, 2.05) is 30.3 Å². The van der Waals surface area contributed by atoms with Crippen molar-refractivity contribution in [3.63, 3.8) is 0 Å². The molecule has 0 unspecified atom stereocenters. The fraction of sp³-hybridized carbons (Fsp3) is 0.188. The second kappa shape index (κ2) is 9.01. The second-order valence-electron chi connectivity index (χ2n) is 4.75. The Morgan fingerprint density at radius 2 is 1.82 bits per heavy atom. The predicted molar refractivity (Wildman–Crippen MR) is 93.7 cm³/mol. The predicted octanol–water partition coefficient (Wildman–Crippen LogP) is 3.60. The van der Waals surface area contributed by atoms with E-state index in [1.54, 1.807) is 18.2 Å². The molecule has 0 aliphatic rings. The standard InChI is InChI=1S/C16H16Cl2N2O.ClH/c17-13-7-6-12(14(18)9-13)8-15(19)16(21)20-10-11-4-2-1-3-5-11;/h1-7,9,15H,8,10,19H2,(H,20,21);1H/t15-;/m1./s1. The molecule has 0 saturated heterocycles. The Morgan fingerprint density at radius 1 is 1.14 bits per heavy atom. The van der Waals surface area contributed by atoms with Gasteiger partial charge in [0.25, 0.3) is 0 Å². The lowest BCUT2D eigenvalue weighted by Crippen LogP contribution is -2.41. The van der Waals surface area contributed by atoms with E-state index >= 15 is 0 Å². The van der Waals surface area contributed by atoms with Crippen molar-refractivity contribution in [2.45, 2.75) is 19.0 Å². The molecule has 0 fully saturated rings. The van der Waals surface area contributed by atoms with E-state index < -0.39 is 6.04 Å². The third kappa shape index (κ3) is 5.50. The molecule has 6 heteroatoms. The number of carbonyl (C=O) groups excluding carboxylic acids is 1. The summed E-state index contributed by atoms with van der Waals surface area (Å²) >= 11 is 11.9. The van der Waals surface area contributed by atoms with Gasteiger partial charge in [-0.2, -0.15) is 0 Å². The molecule has 3 nitrogen and oxygen atoms in total. The molecule has 0 spiro atoms. The number of carbonyl (C=O) groups is 1. The number of nitrogens with two attached hydrogens (primary N) is 1. The number of hydrogen-bond donors (Lipinski definition) is 2. The van der Waals surface area contributed by atoms with E-state index in [9.17, 15) is 4.79 Å². The number of rotatable bonds is 5. The quantitative estimate of drug-likeness (QED) is 0.857. The molecule has 2 aromatic rings. The van der Waals surface area contributed by atoms with Crippen LogP contribution in [0, 0.1) is 0 Å². The van der Waals surface area contributed by atoms with Gasteiger partial charge < -0.3 is 11.1 Å². The van der Waals surface area contributed by atoms with Crippen molar-refractivity contribution in [3.05, 3.63) is 69.7 Å². The maximum absolute atomic E-state index is 12.0. The smallest absolute Gasteiger partial charge is 0.237 e. The summed E-state index contributed by atoms with van der Waals surface area (Å²) in [5.41, 5.74) is 7.76. The summed E-state index contributed by atoms with van der Waals surface area (Å²) in [6, 6.07) is 14.2. The van der Waals surface area contributed by atoms with Crippen LogP contribution in [0.2, 0.25) is 10.0 Å². The number of hydrogen-bond acceptors (Lipinski definition) is 2. The van der Waals surface area contributed by atoms with E-state index in [-0.39, 0.29) is 18.3 Å². The molecule has 2 rings (SSSR count). The zero-order chi connectivity index (χ0) is 15.2. The van der Waals surface area contributed by atoms with Gasteiger partial charge in [-0.1, -0.05) is 59.6 Å². The summed E-state index contributed by atoms with van der Waals surface area (Å²) in [4.78, 5) is 12.0. The molecule has 1 atom stereocenters. The van der Waals surface area contributed by atoms with Crippen LogP contribution < -0.4 is 11.1 Å². The van der Waals surface area contributed by atoms with Crippen molar-refractivity contribution in [2.75, 3.05) is 0 Å². The minimum Gasteiger partial charge on any atom is -0.351 e. The lowest BCUT2D eigenvalue weighted by atomic mass is 10.1. The Balaban J connectivity index is 0.00000242. The molecule has 22 heavy (non-hydrogen) atoms. The van der Waals surface area contributed by atoms with Crippen LogP contribution in [-0.4, -0.2) is 11.9 Å². The summed E-state index contributed by atoms with van der Waals surface area (Å²) in [5.74, 6) is -0.204. The molecule has 1 amide bonds. The van der Waals surface area contributed by atoms with Crippen molar-refractivity contribution < 1.29 is 4.79 Å². The summed E-state index contributed by atoms with van der Waals surface area (Å²) in [6.45, 7) is 0.460. The highest BCUT2D eigenvalue weighted by molar-refractivity contribution is 6.35. The third-order valence-corrected chi connectivity index (χ3v) is 3.69. The Bertz CT molecular complexity index is 620. The number of halogens is 3. The molecular weight excluding hydrogens is 343 g/mol. The topological polar surface area (TPSA) is 55.1 Å². The molecule has 0 heterocycles. The van der Waals surface area contributed by atoms with Crippen molar-refractivity contribution in [2.24, 2.45) is 5.73 Å². The molecule has 0 bridgehead atoms. The molecule has 3 N–H and O–H groups in total. The number of amides is 1. The van der Waals surface area contributed by atoms with E-state index in [4.69, 9.17) is 28.9 Å². The largest absolute Gasteiger partial charge is 0.351 e. The van der Waals surface area contributed by atoms with Crippen LogP contribution in [0.3, 0.4) is 0 Å². The fourth-order valence-electron chi connectivity index (χ4n) is 1.93. The van der Waals surface area contributed by atoms with Crippen LogP contribution in [0.5, 0.6) is 0 Å². The maximum atomic E-state index is 12.0. The molecule has 0 aliphatic carbocycles. The summed E-state index contributed by atoms with van der Waals surface area (Å²) in [7, 11) is 0. The molecule has 0 aliphatic heterocycles. The van der Waals surface area contributed by atoms with Crippen LogP contribution in [-0.2, 0) is 17.8 Å². The van der Waals surface area contributed by atoms with E-state index in [0.717, 1.165) is 11.1 Å². The van der Waals surface area contributed by atoms with Crippen molar-refractivity contribution in [1.82, 2.24) is 5.32 Å². The van der Waals surface area contributed by atoms with Crippen LogP contribution >= 0.6 is 35.6 Å². The maximum Gasteiger partial charge on any atom is 0.237 e. The average molecular weight is 360 g/mol. The monoisotopic (exact) mass is 358 g/mol. The first kappa shape index (κ1) is 18.8. The van der Waals surface area contributed by atoms with Crippen molar-refractivity contribution in [3.8, 4) is 0 Å². The van der Waals surface area contributed by atoms with Gasteiger partial charge in [0.2, 0.25) is 5.91 Å². The zero-order valence-electron chi connectivity index (χ0n) is 11.8. The third-order valence-electron chi connectivity index (χ3n) is 3.10. The number of benzene rings is 2. The minimum absolute atomic E-state index is 0. The molecule has 0 radical (unpaired) electrons. The Labute approximate surface area is 146 Å². The molecule has 118 valence electrons. The zero-order valence-corrected chi connectivity index (χ0v) is 14.1. The van der Waals surface area contributed by atoms with E-state index in [0.29, 0.717) is 23.0 Å². The normalized spacial score (nSPS) is 11.4. The van der Waals surface area contributed by atoms with Gasteiger partial charge in [-0.15, -0.1) is 12.4 Å². The van der Waals surface area contributed by atoms with Crippen molar-refractivity contribution in [1.29, 1.82) is 0 Å². The number of nitrogens with one attached hydrogen (secondary N) is 1. The van der Waals surface area contributed by atoms with Crippen LogP contribution in [0.25, 0.3) is 0 Å². The molecule has 2 aromatic carbocycles. The lowest BCUT2D eigenvalue weighted by molar-refractivity contribution is -0.122. The van der Waals surface area contributed by atoms with Crippen molar-refractivity contribution >= 4 is 41.5 Å². The first-order chi connectivity index (χ1) is 10.1. The van der Waals surface area contributed by atoms with Gasteiger partial charge in [0.1, 0.15) is 0 Å². The van der Waals surface area contributed by atoms with E-state index in [2.05, 4.69) is 5.32 Å². The minimum atomic E-state index is -0.646. The van der Waals surface area contributed by atoms with E-state index in [1.165, 1.54) is 0 Å².